The van der Waals surface area contributed by atoms with Crippen molar-refractivity contribution >= 4 is 11.9 Å². The van der Waals surface area contributed by atoms with E-state index in [1.165, 1.54) is 11.8 Å². The van der Waals surface area contributed by atoms with E-state index in [2.05, 4.69) is 15.0 Å². The lowest BCUT2D eigenvalue weighted by Crippen LogP contribution is -2.42. The summed E-state index contributed by atoms with van der Waals surface area (Å²) in [5, 5.41) is 13.6. The Morgan fingerprint density at radius 1 is 1.38 bits per heavy atom. The van der Waals surface area contributed by atoms with Crippen LogP contribution in [-0.4, -0.2) is 67.2 Å². The van der Waals surface area contributed by atoms with Crippen LogP contribution in [0.1, 0.15) is 38.9 Å². The minimum atomic E-state index is -0.888. The Morgan fingerprint density at radius 3 is 2.62 bits per heavy atom. The van der Waals surface area contributed by atoms with Crippen LogP contribution in [0.15, 0.2) is 6.33 Å². The number of aromatic nitrogens is 3. The molecule has 132 valence electrons. The monoisotopic (exact) mass is 335 g/mol. The lowest BCUT2D eigenvalue weighted by atomic mass is 9.76. The number of carbonyl (C=O) groups is 2. The molecule has 1 amide bonds. The summed E-state index contributed by atoms with van der Waals surface area (Å²) in [4.78, 5) is 31.4. The van der Waals surface area contributed by atoms with E-state index in [4.69, 9.17) is 0 Å². The number of hydrogen-bond donors (Lipinski definition) is 1. The van der Waals surface area contributed by atoms with E-state index in [0.717, 1.165) is 44.8 Å². The normalized spacial score (nSPS) is 23.8. The molecule has 2 saturated heterocycles. The second kappa shape index (κ2) is 6.51. The van der Waals surface area contributed by atoms with Crippen LogP contribution < -0.4 is 0 Å². The Labute approximate surface area is 141 Å². The van der Waals surface area contributed by atoms with Gasteiger partial charge in [0.2, 0.25) is 5.91 Å². The first kappa shape index (κ1) is 16.9. The average molecular weight is 335 g/mol. The van der Waals surface area contributed by atoms with Crippen LogP contribution in [0.4, 0.5) is 0 Å². The summed E-state index contributed by atoms with van der Waals surface area (Å²) in [5.41, 5.74) is -0.0519. The quantitative estimate of drug-likeness (QED) is 0.866. The van der Waals surface area contributed by atoms with Crippen molar-refractivity contribution in [1.82, 2.24) is 24.6 Å². The second-order valence-corrected chi connectivity index (χ2v) is 6.97. The van der Waals surface area contributed by atoms with Crippen LogP contribution in [0.25, 0.3) is 0 Å². The number of likely N-dealkylation sites (tertiary alicyclic amines) is 2. The fourth-order valence-electron chi connectivity index (χ4n) is 4.03. The maximum atomic E-state index is 11.8. The lowest BCUT2D eigenvalue weighted by molar-refractivity contribution is -0.147. The van der Waals surface area contributed by atoms with Crippen molar-refractivity contribution in [2.45, 2.75) is 52.2 Å². The van der Waals surface area contributed by atoms with Crippen molar-refractivity contribution in [2.24, 2.45) is 5.41 Å². The number of aryl methyl sites for hydroxylation is 1. The standard InChI is InChI=1S/C16H25N5O3/c1-3-21-14(17-11-18-21)9-19-6-4-16(5-7-19)8-13(15(23)24)20(10-16)12(2)22/h11,13H,3-10H2,1-2H3,(H,23,24). The van der Waals surface area contributed by atoms with Gasteiger partial charge in [-0.3, -0.25) is 9.69 Å². The molecule has 0 radical (unpaired) electrons. The van der Waals surface area contributed by atoms with Crippen LogP contribution in [0, 0.1) is 5.41 Å². The van der Waals surface area contributed by atoms with Crippen molar-refractivity contribution in [2.75, 3.05) is 19.6 Å². The third-order valence-corrected chi connectivity index (χ3v) is 5.47. The molecule has 1 aromatic heterocycles. The van der Waals surface area contributed by atoms with Crippen molar-refractivity contribution in [1.29, 1.82) is 0 Å². The highest BCUT2D eigenvalue weighted by molar-refractivity contribution is 5.83. The molecule has 3 rings (SSSR count). The number of amides is 1. The summed E-state index contributed by atoms with van der Waals surface area (Å²) in [6.45, 7) is 7.44. The van der Waals surface area contributed by atoms with E-state index in [9.17, 15) is 14.7 Å². The van der Waals surface area contributed by atoms with Gasteiger partial charge in [-0.1, -0.05) is 0 Å². The van der Waals surface area contributed by atoms with Crippen molar-refractivity contribution in [3.8, 4) is 0 Å². The number of carbonyl (C=O) groups excluding carboxylic acids is 1. The van der Waals surface area contributed by atoms with Gasteiger partial charge in [0.25, 0.3) is 0 Å². The fourth-order valence-corrected chi connectivity index (χ4v) is 4.03. The maximum absolute atomic E-state index is 11.8. The number of carboxylic acids is 1. The minimum absolute atomic E-state index is 0.0519. The van der Waals surface area contributed by atoms with Crippen LogP contribution in [0.5, 0.6) is 0 Å². The number of nitrogens with zero attached hydrogens (tertiary/aromatic N) is 5. The predicted molar refractivity (Wildman–Crippen MR) is 86.1 cm³/mol. The van der Waals surface area contributed by atoms with Gasteiger partial charge in [0.1, 0.15) is 18.2 Å². The molecular weight excluding hydrogens is 310 g/mol. The minimum Gasteiger partial charge on any atom is -0.480 e. The molecule has 2 fully saturated rings. The van der Waals surface area contributed by atoms with Crippen molar-refractivity contribution in [3.05, 3.63) is 12.2 Å². The van der Waals surface area contributed by atoms with Crippen LogP contribution in [0.3, 0.4) is 0 Å². The van der Waals surface area contributed by atoms with E-state index in [1.807, 2.05) is 11.6 Å². The number of rotatable bonds is 4. The van der Waals surface area contributed by atoms with Gasteiger partial charge < -0.3 is 10.0 Å². The molecule has 24 heavy (non-hydrogen) atoms. The van der Waals surface area contributed by atoms with E-state index < -0.39 is 12.0 Å². The fraction of sp³-hybridized carbons (Fsp3) is 0.750. The second-order valence-electron chi connectivity index (χ2n) is 6.97. The molecular formula is C16H25N5O3. The molecule has 3 heterocycles. The molecule has 1 atom stereocenters. The molecule has 1 unspecified atom stereocenters. The zero-order valence-electron chi connectivity index (χ0n) is 14.3. The summed E-state index contributed by atoms with van der Waals surface area (Å²) in [7, 11) is 0. The third kappa shape index (κ3) is 3.15. The SMILES string of the molecule is CCn1ncnc1CN1CCC2(CC1)CC(C(=O)O)N(C(C)=O)C2. The van der Waals surface area contributed by atoms with Gasteiger partial charge in [-0.05, 0) is 44.7 Å². The highest BCUT2D eigenvalue weighted by Gasteiger charge is 2.49. The number of carboxylic acid groups (broad SMARTS) is 1. The number of piperidine rings is 1. The summed E-state index contributed by atoms with van der Waals surface area (Å²) in [5.74, 6) is -0.0630. The molecule has 0 bridgehead atoms. The van der Waals surface area contributed by atoms with E-state index >= 15 is 0 Å². The predicted octanol–water partition coefficient (Wildman–Crippen LogP) is 0.586. The van der Waals surface area contributed by atoms with Gasteiger partial charge in [-0.2, -0.15) is 5.10 Å². The van der Waals surface area contributed by atoms with Gasteiger partial charge in [-0.15, -0.1) is 0 Å². The molecule has 0 aliphatic carbocycles. The van der Waals surface area contributed by atoms with Crippen LogP contribution >= 0.6 is 0 Å². The summed E-state index contributed by atoms with van der Waals surface area (Å²) in [6, 6.07) is -0.669. The van der Waals surface area contributed by atoms with E-state index in [1.54, 1.807) is 6.33 Å². The molecule has 2 aliphatic rings. The molecule has 0 aromatic carbocycles. The van der Waals surface area contributed by atoms with Gasteiger partial charge in [0, 0.05) is 20.0 Å². The average Bonchev–Trinajstić information content (AvgIpc) is 3.14. The number of aliphatic carboxylic acids is 1. The summed E-state index contributed by atoms with van der Waals surface area (Å²) < 4.78 is 1.90. The van der Waals surface area contributed by atoms with Gasteiger partial charge >= 0.3 is 5.97 Å². The van der Waals surface area contributed by atoms with Crippen molar-refractivity contribution < 1.29 is 14.7 Å². The maximum Gasteiger partial charge on any atom is 0.326 e. The Morgan fingerprint density at radius 2 is 2.08 bits per heavy atom. The first-order chi connectivity index (χ1) is 11.4. The smallest absolute Gasteiger partial charge is 0.326 e. The number of hydrogen-bond acceptors (Lipinski definition) is 5. The third-order valence-electron chi connectivity index (χ3n) is 5.47. The molecule has 2 aliphatic heterocycles. The largest absolute Gasteiger partial charge is 0.480 e. The van der Waals surface area contributed by atoms with E-state index in [0.29, 0.717) is 13.0 Å². The van der Waals surface area contributed by atoms with Crippen molar-refractivity contribution in [3.63, 3.8) is 0 Å². The van der Waals surface area contributed by atoms with Gasteiger partial charge in [-0.25, -0.2) is 14.5 Å². The molecule has 8 heteroatoms. The Bertz CT molecular complexity index is 597. The van der Waals surface area contributed by atoms with Crippen LogP contribution in [0.2, 0.25) is 0 Å². The zero-order chi connectivity index (χ0) is 17.3. The van der Waals surface area contributed by atoms with Crippen LogP contribution in [-0.2, 0) is 22.7 Å². The Balaban J connectivity index is 1.62. The summed E-state index contributed by atoms with van der Waals surface area (Å²) >= 11 is 0. The first-order valence-electron chi connectivity index (χ1n) is 8.53. The highest BCUT2D eigenvalue weighted by atomic mass is 16.4. The lowest BCUT2D eigenvalue weighted by Gasteiger charge is -2.38. The molecule has 1 spiro atoms. The topological polar surface area (TPSA) is 91.6 Å². The Hall–Kier alpha value is -1.96. The molecule has 8 nitrogen and oxygen atoms in total. The zero-order valence-corrected chi connectivity index (χ0v) is 14.3. The Kier molecular flexibility index (Phi) is 4.58. The molecule has 0 saturated carbocycles. The first-order valence-corrected chi connectivity index (χ1v) is 8.53. The van der Waals surface area contributed by atoms with Gasteiger partial charge in [0.15, 0.2) is 0 Å². The summed E-state index contributed by atoms with van der Waals surface area (Å²) in [6.07, 6.45) is 3.99. The molecule has 1 aromatic rings. The van der Waals surface area contributed by atoms with Gasteiger partial charge in [0.05, 0.1) is 6.54 Å². The molecule has 1 N–H and O–H groups in total. The highest BCUT2D eigenvalue weighted by Crippen LogP contribution is 2.43. The van der Waals surface area contributed by atoms with E-state index in [-0.39, 0.29) is 11.3 Å².